The van der Waals surface area contributed by atoms with Gasteiger partial charge in [-0.25, -0.2) is 23.1 Å². The number of aliphatic hydroxyl groups is 2. The Kier molecular flexibility index (Phi) is 6.89. The molecular formula is C25H35N5O5S. The first-order valence-electron chi connectivity index (χ1n) is 12.2. The van der Waals surface area contributed by atoms with Crippen LogP contribution in [-0.2, 0) is 15.6 Å². The Bertz CT molecular complexity index is 1240. The average molecular weight is 518 g/mol. The van der Waals surface area contributed by atoms with E-state index in [0.29, 0.717) is 11.2 Å². The fourth-order valence-corrected chi connectivity index (χ4v) is 5.78. The third-order valence-electron chi connectivity index (χ3n) is 6.74. The van der Waals surface area contributed by atoms with Gasteiger partial charge in [0.2, 0.25) is 0 Å². The van der Waals surface area contributed by atoms with Crippen LogP contribution in [0.1, 0.15) is 69.4 Å². The van der Waals surface area contributed by atoms with Crippen LogP contribution in [0.2, 0.25) is 0 Å². The summed E-state index contributed by atoms with van der Waals surface area (Å²) in [6.45, 7) is 7.62. The van der Waals surface area contributed by atoms with E-state index in [9.17, 15) is 23.4 Å². The lowest BCUT2D eigenvalue weighted by Gasteiger charge is -2.34. The van der Waals surface area contributed by atoms with Crippen molar-refractivity contribution in [1.29, 1.82) is 0 Å². The van der Waals surface area contributed by atoms with Crippen LogP contribution >= 0.6 is 0 Å². The van der Waals surface area contributed by atoms with Crippen LogP contribution in [-0.4, -0.2) is 59.7 Å². The van der Waals surface area contributed by atoms with E-state index in [1.165, 1.54) is 44.0 Å². The van der Waals surface area contributed by atoms with Crippen molar-refractivity contribution in [1.82, 2.24) is 14.7 Å². The maximum Gasteiger partial charge on any atom is 0.260 e. The highest BCUT2D eigenvalue weighted by Crippen LogP contribution is 2.54. The number of rotatable bonds is 7. The van der Waals surface area contributed by atoms with Crippen LogP contribution in [0.15, 0.2) is 35.4 Å². The molecule has 0 aromatic carbocycles. The van der Waals surface area contributed by atoms with Crippen molar-refractivity contribution >= 4 is 27.6 Å². The van der Waals surface area contributed by atoms with Crippen molar-refractivity contribution in [3.8, 4) is 0 Å². The standard InChI is InChI=1S/C25H35N5O5S/c1-23(2,3)29-36(34,35)20-7-5-6-19(27-20)28-22(32)17-8-9-18(24(4,33)16-31)26-21(17)30-14-12-25(10-11-25)13-15-30/h5-9,29,31,33H,10-16H2,1-4H3,(H,27,28,32)/t24-/m1/s1. The fraction of sp³-hybridized carbons (Fsp3) is 0.560. The number of pyridine rings is 2. The molecule has 0 unspecified atom stereocenters. The minimum absolute atomic E-state index is 0.0877. The first-order chi connectivity index (χ1) is 16.7. The van der Waals surface area contributed by atoms with Gasteiger partial charge in [0.05, 0.1) is 17.9 Å². The molecule has 1 amide bonds. The quantitative estimate of drug-likeness (QED) is 0.438. The van der Waals surface area contributed by atoms with Crippen molar-refractivity contribution in [3.05, 3.63) is 41.6 Å². The third kappa shape index (κ3) is 5.86. The largest absolute Gasteiger partial charge is 0.393 e. The SMILES string of the molecule is CC(C)(C)NS(=O)(=O)c1cccc(NC(=O)c2ccc([C@](C)(O)CO)nc2N2CCC3(CC2)CC3)n1. The molecule has 3 heterocycles. The zero-order chi connectivity index (χ0) is 26.4. The van der Waals surface area contributed by atoms with Crippen molar-refractivity contribution in [2.45, 2.75) is 69.5 Å². The minimum Gasteiger partial charge on any atom is -0.393 e. The molecule has 1 atom stereocenters. The summed E-state index contributed by atoms with van der Waals surface area (Å²) in [5.74, 6) is 0.0161. The summed E-state index contributed by atoms with van der Waals surface area (Å²) in [5.41, 5.74) is -1.28. The predicted octanol–water partition coefficient (Wildman–Crippen LogP) is 2.39. The molecule has 2 fully saturated rings. The first kappa shape index (κ1) is 26.5. The number of hydrogen-bond acceptors (Lipinski definition) is 8. The molecule has 2 aromatic heterocycles. The summed E-state index contributed by atoms with van der Waals surface area (Å²) < 4.78 is 27.9. The first-order valence-corrected chi connectivity index (χ1v) is 13.6. The van der Waals surface area contributed by atoms with E-state index in [0.717, 1.165) is 25.9 Å². The number of piperidine rings is 1. The third-order valence-corrected chi connectivity index (χ3v) is 8.40. The lowest BCUT2D eigenvalue weighted by Crippen LogP contribution is -2.40. The van der Waals surface area contributed by atoms with E-state index in [1.54, 1.807) is 26.8 Å². The molecule has 11 heteroatoms. The van der Waals surface area contributed by atoms with E-state index < -0.39 is 33.7 Å². The smallest absolute Gasteiger partial charge is 0.260 e. The fourth-order valence-electron chi connectivity index (χ4n) is 4.39. The Hall–Kier alpha value is -2.60. The summed E-state index contributed by atoms with van der Waals surface area (Å²) in [6, 6.07) is 7.48. The number of aromatic nitrogens is 2. The number of nitrogens with zero attached hydrogens (tertiary/aromatic N) is 3. The predicted molar refractivity (Wildman–Crippen MR) is 136 cm³/mol. The lowest BCUT2D eigenvalue weighted by molar-refractivity contribution is -0.00581. The zero-order valence-corrected chi connectivity index (χ0v) is 22.0. The number of carbonyl (C=O) groups is 1. The number of amides is 1. The molecule has 0 bridgehead atoms. The van der Waals surface area contributed by atoms with Gasteiger partial charge in [0.15, 0.2) is 5.03 Å². The van der Waals surface area contributed by atoms with Gasteiger partial charge in [-0.15, -0.1) is 0 Å². The normalized spacial score (nSPS) is 19.1. The Labute approximate surface area is 212 Å². The minimum atomic E-state index is -3.88. The summed E-state index contributed by atoms with van der Waals surface area (Å²) >= 11 is 0. The topological polar surface area (TPSA) is 145 Å². The second kappa shape index (κ2) is 9.37. The van der Waals surface area contributed by atoms with Crippen LogP contribution in [0.25, 0.3) is 0 Å². The van der Waals surface area contributed by atoms with Gasteiger partial charge in [-0.2, -0.15) is 0 Å². The van der Waals surface area contributed by atoms with Crippen molar-refractivity contribution in [2.75, 3.05) is 29.9 Å². The molecule has 196 valence electrons. The number of hydrogen-bond donors (Lipinski definition) is 4. The molecule has 4 N–H and O–H groups in total. The maximum absolute atomic E-state index is 13.3. The van der Waals surface area contributed by atoms with Crippen LogP contribution in [0.5, 0.6) is 0 Å². The molecule has 10 nitrogen and oxygen atoms in total. The summed E-state index contributed by atoms with van der Waals surface area (Å²) in [7, 11) is -3.88. The molecule has 1 spiro atoms. The molecule has 1 aliphatic carbocycles. The van der Waals surface area contributed by atoms with Crippen LogP contribution in [0, 0.1) is 5.41 Å². The molecule has 36 heavy (non-hydrogen) atoms. The van der Waals surface area contributed by atoms with Gasteiger partial charge < -0.3 is 20.4 Å². The summed E-state index contributed by atoms with van der Waals surface area (Å²) in [5, 5.41) is 22.7. The Morgan fingerprint density at radius 3 is 2.31 bits per heavy atom. The number of sulfonamides is 1. The highest BCUT2D eigenvalue weighted by Gasteiger charge is 2.45. The molecule has 1 saturated heterocycles. The van der Waals surface area contributed by atoms with Gasteiger partial charge in [-0.1, -0.05) is 6.07 Å². The van der Waals surface area contributed by atoms with Crippen LogP contribution in [0.3, 0.4) is 0 Å². The Morgan fingerprint density at radius 2 is 1.72 bits per heavy atom. The monoisotopic (exact) mass is 517 g/mol. The number of nitrogens with one attached hydrogen (secondary N) is 2. The van der Waals surface area contributed by atoms with Gasteiger partial charge in [0.1, 0.15) is 17.2 Å². The number of aliphatic hydroxyl groups excluding tert-OH is 1. The Morgan fingerprint density at radius 1 is 1.06 bits per heavy atom. The van der Waals surface area contributed by atoms with E-state index in [1.807, 2.05) is 4.90 Å². The van der Waals surface area contributed by atoms with Crippen LogP contribution < -0.4 is 14.9 Å². The van der Waals surface area contributed by atoms with E-state index in [2.05, 4.69) is 20.0 Å². The molecule has 2 aromatic rings. The second-order valence-electron chi connectivity index (χ2n) is 11.2. The van der Waals surface area contributed by atoms with Gasteiger partial charge in [0, 0.05) is 18.6 Å². The lowest BCUT2D eigenvalue weighted by atomic mass is 9.93. The van der Waals surface area contributed by atoms with Crippen molar-refractivity contribution in [2.24, 2.45) is 5.41 Å². The molecule has 1 saturated carbocycles. The zero-order valence-electron chi connectivity index (χ0n) is 21.2. The van der Waals surface area contributed by atoms with Gasteiger partial charge in [-0.05, 0) is 83.1 Å². The van der Waals surface area contributed by atoms with Gasteiger partial charge in [0.25, 0.3) is 15.9 Å². The molecular weight excluding hydrogens is 482 g/mol. The number of carbonyl (C=O) groups excluding carboxylic acids is 1. The second-order valence-corrected chi connectivity index (χ2v) is 12.8. The molecule has 0 radical (unpaired) electrons. The van der Waals surface area contributed by atoms with Crippen LogP contribution in [0.4, 0.5) is 11.6 Å². The molecule has 2 aliphatic rings. The van der Waals surface area contributed by atoms with E-state index in [4.69, 9.17) is 0 Å². The summed E-state index contributed by atoms with van der Waals surface area (Å²) in [4.78, 5) is 24.1. The Balaban J connectivity index is 1.62. The molecule has 1 aliphatic heterocycles. The van der Waals surface area contributed by atoms with E-state index >= 15 is 0 Å². The number of anilines is 2. The van der Waals surface area contributed by atoms with Crippen molar-refractivity contribution < 1.29 is 23.4 Å². The van der Waals surface area contributed by atoms with E-state index in [-0.39, 0.29) is 22.1 Å². The van der Waals surface area contributed by atoms with Gasteiger partial charge in [-0.3, -0.25) is 4.79 Å². The summed E-state index contributed by atoms with van der Waals surface area (Å²) in [6.07, 6.45) is 4.49. The van der Waals surface area contributed by atoms with Gasteiger partial charge >= 0.3 is 0 Å². The maximum atomic E-state index is 13.3. The average Bonchev–Trinajstić information content (AvgIpc) is 3.56. The van der Waals surface area contributed by atoms with Crippen molar-refractivity contribution in [3.63, 3.8) is 0 Å². The highest BCUT2D eigenvalue weighted by atomic mass is 32.2. The highest BCUT2D eigenvalue weighted by molar-refractivity contribution is 7.89. The molecule has 4 rings (SSSR count).